The highest BCUT2D eigenvalue weighted by atomic mass is 32.2. The van der Waals surface area contributed by atoms with Crippen LogP contribution in [0.25, 0.3) is 0 Å². The van der Waals surface area contributed by atoms with E-state index in [1.807, 2.05) is 13.0 Å². The van der Waals surface area contributed by atoms with Crippen molar-refractivity contribution in [3.05, 3.63) is 29.3 Å². The molecule has 1 aliphatic rings. The molecule has 0 spiro atoms. The lowest BCUT2D eigenvalue weighted by Crippen LogP contribution is -2.22. The Hall–Kier alpha value is -1.36. The Balaban J connectivity index is 2.81. The first-order valence-corrected chi connectivity index (χ1v) is 6.20. The van der Waals surface area contributed by atoms with Crippen molar-refractivity contribution in [3.8, 4) is 0 Å². The number of aliphatic imine (C=N–C) groups is 1. The molecule has 1 aromatic carbocycles. The average Bonchev–Trinajstić information content (AvgIpc) is 2.50. The highest BCUT2D eigenvalue weighted by Gasteiger charge is 2.31. The zero-order chi connectivity index (χ0) is 11.1. The first kappa shape index (κ1) is 10.2. The van der Waals surface area contributed by atoms with Gasteiger partial charge in [-0.25, -0.2) is 8.42 Å². The summed E-state index contributed by atoms with van der Waals surface area (Å²) < 4.78 is 25.8. The SMILES string of the molecule is CCc1cccc2c1C(=NC)NS2(=O)=O. The van der Waals surface area contributed by atoms with E-state index in [0.29, 0.717) is 10.7 Å². The van der Waals surface area contributed by atoms with Crippen LogP contribution in [0.5, 0.6) is 0 Å². The van der Waals surface area contributed by atoms with Gasteiger partial charge >= 0.3 is 0 Å². The van der Waals surface area contributed by atoms with Gasteiger partial charge in [0.1, 0.15) is 5.84 Å². The van der Waals surface area contributed by atoms with Crippen LogP contribution in [-0.2, 0) is 16.4 Å². The van der Waals surface area contributed by atoms with Crippen LogP contribution in [0.1, 0.15) is 18.1 Å². The molecule has 0 atom stereocenters. The first-order valence-electron chi connectivity index (χ1n) is 4.72. The molecule has 0 aromatic heterocycles. The Bertz CT molecular complexity index is 532. The highest BCUT2D eigenvalue weighted by molar-refractivity contribution is 7.90. The molecule has 2 rings (SSSR count). The van der Waals surface area contributed by atoms with Gasteiger partial charge in [0, 0.05) is 12.6 Å². The fourth-order valence-electron chi connectivity index (χ4n) is 1.75. The molecule has 15 heavy (non-hydrogen) atoms. The number of nitrogens with zero attached hydrogens (tertiary/aromatic N) is 1. The van der Waals surface area contributed by atoms with Gasteiger partial charge in [-0.2, -0.15) is 0 Å². The summed E-state index contributed by atoms with van der Waals surface area (Å²) in [5.41, 5.74) is 1.73. The van der Waals surface area contributed by atoms with Crippen LogP contribution < -0.4 is 4.72 Å². The Morgan fingerprint density at radius 2 is 2.13 bits per heavy atom. The van der Waals surface area contributed by atoms with Crippen molar-refractivity contribution in [2.75, 3.05) is 7.05 Å². The molecule has 5 heteroatoms. The van der Waals surface area contributed by atoms with Gasteiger partial charge in [0.25, 0.3) is 10.0 Å². The summed E-state index contributed by atoms with van der Waals surface area (Å²) >= 11 is 0. The normalized spacial score (nSPS) is 20.0. The van der Waals surface area contributed by atoms with Crippen LogP contribution in [0.15, 0.2) is 28.1 Å². The van der Waals surface area contributed by atoms with Crippen molar-refractivity contribution in [2.24, 2.45) is 4.99 Å². The molecule has 0 saturated heterocycles. The minimum absolute atomic E-state index is 0.336. The number of sulfonamides is 1. The predicted octanol–water partition coefficient (Wildman–Crippen LogP) is 0.917. The van der Waals surface area contributed by atoms with E-state index in [1.165, 1.54) is 0 Å². The quantitative estimate of drug-likeness (QED) is 0.771. The van der Waals surface area contributed by atoms with Crippen LogP contribution in [0.4, 0.5) is 0 Å². The molecule has 1 aliphatic heterocycles. The third kappa shape index (κ3) is 1.43. The van der Waals surface area contributed by atoms with E-state index in [0.717, 1.165) is 17.5 Å². The van der Waals surface area contributed by atoms with Crippen LogP contribution in [0.3, 0.4) is 0 Å². The molecule has 0 aliphatic carbocycles. The molecule has 0 radical (unpaired) electrons. The molecule has 1 heterocycles. The van der Waals surface area contributed by atoms with Gasteiger partial charge in [-0.1, -0.05) is 19.1 Å². The van der Waals surface area contributed by atoms with Crippen molar-refractivity contribution in [1.82, 2.24) is 4.72 Å². The van der Waals surface area contributed by atoms with Crippen molar-refractivity contribution >= 4 is 15.9 Å². The summed E-state index contributed by atoms with van der Waals surface area (Å²) in [4.78, 5) is 4.30. The zero-order valence-electron chi connectivity index (χ0n) is 8.61. The van der Waals surface area contributed by atoms with Gasteiger partial charge in [0.2, 0.25) is 0 Å². The lowest BCUT2D eigenvalue weighted by Gasteiger charge is -2.02. The smallest absolute Gasteiger partial charge is 0.263 e. The van der Waals surface area contributed by atoms with E-state index in [4.69, 9.17) is 0 Å². The Morgan fingerprint density at radius 3 is 2.73 bits per heavy atom. The standard InChI is InChI=1S/C10H12N2O2S/c1-3-7-5-4-6-8-9(7)10(11-2)12-15(8,13)14/h4-6H,3H2,1-2H3,(H,11,12). The summed E-state index contributed by atoms with van der Waals surface area (Å²) in [6.45, 7) is 1.99. The van der Waals surface area contributed by atoms with Gasteiger partial charge in [-0.3, -0.25) is 9.71 Å². The lowest BCUT2D eigenvalue weighted by molar-refractivity contribution is 0.595. The monoisotopic (exact) mass is 224 g/mol. The topological polar surface area (TPSA) is 58.5 Å². The van der Waals surface area contributed by atoms with Crippen LogP contribution in [-0.4, -0.2) is 21.3 Å². The van der Waals surface area contributed by atoms with Gasteiger partial charge < -0.3 is 0 Å². The highest BCUT2D eigenvalue weighted by Crippen LogP contribution is 2.26. The Labute approximate surface area is 89.1 Å². The summed E-state index contributed by atoms with van der Waals surface area (Å²) in [6.07, 6.45) is 0.791. The molecule has 0 fully saturated rings. The fourth-order valence-corrected chi connectivity index (χ4v) is 3.07. The molecule has 80 valence electrons. The zero-order valence-corrected chi connectivity index (χ0v) is 9.43. The summed E-state index contributed by atoms with van der Waals surface area (Å²) in [5, 5.41) is 0. The number of benzene rings is 1. The van der Waals surface area contributed by atoms with Crippen LogP contribution in [0, 0.1) is 0 Å². The maximum atomic E-state index is 11.7. The second kappa shape index (κ2) is 3.34. The number of fused-ring (bicyclic) bond motifs is 1. The Kier molecular flexibility index (Phi) is 2.26. The van der Waals surface area contributed by atoms with Crippen molar-refractivity contribution in [3.63, 3.8) is 0 Å². The van der Waals surface area contributed by atoms with Crippen molar-refractivity contribution in [1.29, 1.82) is 0 Å². The van der Waals surface area contributed by atoms with E-state index in [1.54, 1.807) is 19.2 Å². The van der Waals surface area contributed by atoms with Gasteiger partial charge in [0.05, 0.1) is 4.90 Å². The second-order valence-corrected chi connectivity index (χ2v) is 4.97. The third-order valence-corrected chi connectivity index (χ3v) is 3.86. The minimum Gasteiger partial charge on any atom is -0.271 e. The molecule has 4 nitrogen and oxygen atoms in total. The molecular formula is C10H12N2O2S. The Morgan fingerprint density at radius 1 is 1.40 bits per heavy atom. The number of hydrogen-bond donors (Lipinski definition) is 1. The number of aryl methyl sites for hydroxylation is 1. The number of rotatable bonds is 1. The van der Waals surface area contributed by atoms with E-state index in [9.17, 15) is 8.42 Å². The molecule has 0 saturated carbocycles. The molecule has 1 N–H and O–H groups in total. The summed E-state index contributed by atoms with van der Waals surface area (Å²) in [7, 11) is -1.80. The van der Waals surface area contributed by atoms with E-state index < -0.39 is 10.0 Å². The number of hydrogen-bond acceptors (Lipinski definition) is 3. The van der Waals surface area contributed by atoms with E-state index in [2.05, 4.69) is 9.71 Å². The predicted molar refractivity (Wildman–Crippen MR) is 58.6 cm³/mol. The summed E-state index contributed by atoms with van der Waals surface area (Å²) in [6, 6.07) is 5.29. The molecule has 0 amide bonds. The lowest BCUT2D eigenvalue weighted by atomic mass is 10.0. The average molecular weight is 224 g/mol. The van der Waals surface area contributed by atoms with E-state index >= 15 is 0 Å². The van der Waals surface area contributed by atoms with E-state index in [-0.39, 0.29) is 0 Å². The molecular weight excluding hydrogens is 212 g/mol. The van der Waals surface area contributed by atoms with Crippen LogP contribution in [0.2, 0.25) is 0 Å². The maximum absolute atomic E-state index is 11.7. The maximum Gasteiger partial charge on any atom is 0.263 e. The minimum atomic E-state index is -3.38. The second-order valence-electron chi connectivity index (χ2n) is 3.32. The third-order valence-electron chi connectivity index (χ3n) is 2.47. The molecule has 1 aromatic rings. The molecule has 0 unspecified atom stereocenters. The first-order chi connectivity index (χ1) is 7.10. The number of nitrogens with one attached hydrogen (secondary N) is 1. The van der Waals surface area contributed by atoms with Gasteiger partial charge in [-0.05, 0) is 18.1 Å². The number of amidine groups is 1. The van der Waals surface area contributed by atoms with Gasteiger partial charge in [0.15, 0.2) is 0 Å². The van der Waals surface area contributed by atoms with Crippen molar-refractivity contribution < 1.29 is 8.42 Å². The summed E-state index contributed by atoms with van der Waals surface area (Å²) in [5.74, 6) is 0.447. The van der Waals surface area contributed by atoms with Crippen LogP contribution >= 0.6 is 0 Å². The molecule has 0 bridgehead atoms. The fraction of sp³-hybridized carbons (Fsp3) is 0.300. The van der Waals surface area contributed by atoms with Gasteiger partial charge in [-0.15, -0.1) is 0 Å². The largest absolute Gasteiger partial charge is 0.271 e. The van der Waals surface area contributed by atoms with Crippen molar-refractivity contribution in [2.45, 2.75) is 18.2 Å².